The summed E-state index contributed by atoms with van der Waals surface area (Å²) in [7, 11) is 0. The molecular formula is C20H18OS. The molecular weight excluding hydrogens is 288 g/mol. The van der Waals surface area contributed by atoms with E-state index >= 15 is 0 Å². The van der Waals surface area contributed by atoms with E-state index in [-0.39, 0.29) is 5.25 Å². The molecule has 0 bridgehead atoms. The van der Waals surface area contributed by atoms with E-state index in [1.54, 1.807) is 6.07 Å². The monoisotopic (exact) mass is 306 g/mol. The number of hydrogen-bond donors (Lipinski definition) is 1. The van der Waals surface area contributed by atoms with E-state index in [0.717, 1.165) is 5.56 Å². The Morgan fingerprint density at radius 2 is 1.45 bits per heavy atom. The minimum Gasteiger partial charge on any atom is -0.508 e. The Kier molecular flexibility index (Phi) is 4.50. The van der Waals surface area contributed by atoms with Crippen LogP contribution in [0.2, 0.25) is 0 Å². The first-order valence-electron chi connectivity index (χ1n) is 7.30. The van der Waals surface area contributed by atoms with E-state index in [1.807, 2.05) is 36.0 Å². The van der Waals surface area contributed by atoms with E-state index in [9.17, 15) is 5.11 Å². The van der Waals surface area contributed by atoms with E-state index in [0.29, 0.717) is 5.75 Å². The lowest BCUT2D eigenvalue weighted by atomic mass is 10.00. The number of benzene rings is 3. The molecule has 2 heteroatoms. The van der Waals surface area contributed by atoms with Gasteiger partial charge in [0, 0.05) is 4.90 Å². The lowest BCUT2D eigenvalue weighted by Crippen LogP contribution is -1.99. The van der Waals surface area contributed by atoms with Crippen LogP contribution in [0.1, 0.15) is 21.9 Å². The molecule has 0 amide bonds. The van der Waals surface area contributed by atoms with Crippen molar-refractivity contribution in [3.63, 3.8) is 0 Å². The predicted octanol–water partition coefficient (Wildman–Crippen LogP) is 5.58. The van der Waals surface area contributed by atoms with Crippen molar-refractivity contribution in [3.8, 4) is 5.75 Å². The van der Waals surface area contributed by atoms with Crippen LogP contribution in [0.3, 0.4) is 0 Å². The van der Waals surface area contributed by atoms with Crippen molar-refractivity contribution in [1.29, 1.82) is 0 Å². The van der Waals surface area contributed by atoms with Gasteiger partial charge in [0.1, 0.15) is 5.75 Å². The fraction of sp³-hybridized carbons (Fsp3) is 0.100. The summed E-state index contributed by atoms with van der Waals surface area (Å²) in [5.41, 5.74) is 3.61. The number of phenolic OH excluding ortho intramolecular Hbond substituents is 1. The van der Waals surface area contributed by atoms with E-state index in [1.165, 1.54) is 16.0 Å². The van der Waals surface area contributed by atoms with Crippen molar-refractivity contribution < 1.29 is 5.11 Å². The molecule has 0 aliphatic heterocycles. The van der Waals surface area contributed by atoms with Crippen molar-refractivity contribution in [1.82, 2.24) is 0 Å². The molecule has 22 heavy (non-hydrogen) atoms. The average Bonchev–Trinajstić information content (AvgIpc) is 2.55. The molecule has 3 aromatic rings. The SMILES string of the molecule is Cc1cc(O)ccc1C(Sc1ccccc1)c1ccccc1. The molecule has 0 fully saturated rings. The maximum Gasteiger partial charge on any atom is 0.115 e. The minimum absolute atomic E-state index is 0.212. The molecule has 0 heterocycles. The first-order valence-corrected chi connectivity index (χ1v) is 8.18. The van der Waals surface area contributed by atoms with Crippen LogP contribution in [0.15, 0.2) is 83.8 Å². The van der Waals surface area contributed by atoms with Gasteiger partial charge in [0.15, 0.2) is 0 Å². The van der Waals surface area contributed by atoms with Crippen molar-refractivity contribution in [3.05, 3.63) is 95.6 Å². The second kappa shape index (κ2) is 6.71. The summed E-state index contributed by atoms with van der Waals surface area (Å²) >= 11 is 1.83. The Balaban J connectivity index is 2.03. The smallest absolute Gasteiger partial charge is 0.115 e. The summed E-state index contributed by atoms with van der Waals surface area (Å²) < 4.78 is 0. The first-order chi connectivity index (χ1) is 10.7. The second-order valence-corrected chi connectivity index (χ2v) is 6.44. The third-order valence-corrected chi connectivity index (χ3v) is 4.94. The standard InChI is InChI=1S/C20H18OS/c1-15-14-17(21)12-13-19(15)20(16-8-4-2-5-9-16)22-18-10-6-3-7-11-18/h2-14,20-21H,1H3. The Morgan fingerprint density at radius 1 is 0.818 bits per heavy atom. The number of aromatic hydroxyl groups is 1. The van der Waals surface area contributed by atoms with Gasteiger partial charge in [0.05, 0.1) is 5.25 Å². The molecule has 1 nitrogen and oxygen atoms in total. The zero-order chi connectivity index (χ0) is 15.4. The molecule has 1 atom stereocenters. The lowest BCUT2D eigenvalue weighted by Gasteiger charge is -2.20. The first kappa shape index (κ1) is 14.7. The molecule has 3 aromatic carbocycles. The largest absolute Gasteiger partial charge is 0.508 e. The molecule has 0 saturated heterocycles. The Morgan fingerprint density at radius 3 is 2.09 bits per heavy atom. The molecule has 0 aliphatic rings. The molecule has 3 rings (SSSR count). The molecule has 1 N–H and O–H groups in total. The van der Waals surface area contributed by atoms with Crippen LogP contribution in [-0.2, 0) is 0 Å². The quantitative estimate of drug-likeness (QED) is 0.635. The molecule has 0 aliphatic carbocycles. The maximum atomic E-state index is 9.67. The van der Waals surface area contributed by atoms with Crippen molar-refractivity contribution in [2.24, 2.45) is 0 Å². The van der Waals surface area contributed by atoms with E-state index < -0.39 is 0 Å². The second-order valence-electron chi connectivity index (χ2n) is 5.26. The number of aryl methyl sites for hydroxylation is 1. The fourth-order valence-electron chi connectivity index (χ4n) is 2.53. The van der Waals surface area contributed by atoms with Gasteiger partial charge in [0.25, 0.3) is 0 Å². The van der Waals surface area contributed by atoms with Crippen molar-refractivity contribution >= 4 is 11.8 Å². The zero-order valence-corrected chi connectivity index (χ0v) is 13.3. The van der Waals surface area contributed by atoms with Gasteiger partial charge in [-0.1, -0.05) is 54.6 Å². The van der Waals surface area contributed by atoms with Gasteiger partial charge in [-0.15, -0.1) is 11.8 Å². The molecule has 0 saturated carbocycles. The highest BCUT2D eigenvalue weighted by atomic mass is 32.2. The fourth-order valence-corrected chi connectivity index (χ4v) is 3.80. The van der Waals surface area contributed by atoms with Crippen molar-refractivity contribution in [2.45, 2.75) is 17.1 Å². The number of hydrogen-bond acceptors (Lipinski definition) is 2. The Labute approximate surface area is 135 Å². The van der Waals surface area contributed by atoms with Crippen LogP contribution < -0.4 is 0 Å². The highest BCUT2D eigenvalue weighted by Gasteiger charge is 2.17. The average molecular weight is 306 g/mol. The summed E-state index contributed by atoms with van der Waals surface area (Å²) in [6.45, 7) is 2.05. The molecule has 0 spiro atoms. The Bertz CT molecular complexity index is 738. The highest BCUT2D eigenvalue weighted by molar-refractivity contribution is 7.99. The van der Waals surface area contributed by atoms with Crippen LogP contribution >= 0.6 is 11.8 Å². The van der Waals surface area contributed by atoms with Crippen LogP contribution in [0.4, 0.5) is 0 Å². The van der Waals surface area contributed by atoms with Crippen LogP contribution in [-0.4, -0.2) is 5.11 Å². The summed E-state index contributed by atoms with van der Waals surface area (Å²) in [5, 5.41) is 9.89. The van der Waals surface area contributed by atoms with E-state index in [2.05, 4.69) is 55.5 Å². The normalized spacial score (nSPS) is 12.0. The van der Waals surface area contributed by atoms with Gasteiger partial charge < -0.3 is 5.11 Å². The van der Waals surface area contributed by atoms with Gasteiger partial charge in [-0.2, -0.15) is 0 Å². The van der Waals surface area contributed by atoms with E-state index in [4.69, 9.17) is 0 Å². The van der Waals surface area contributed by atoms with Crippen LogP contribution in [0, 0.1) is 6.92 Å². The number of thioether (sulfide) groups is 1. The third-order valence-electron chi connectivity index (χ3n) is 3.64. The minimum atomic E-state index is 0.212. The predicted molar refractivity (Wildman–Crippen MR) is 93.4 cm³/mol. The summed E-state index contributed by atoms with van der Waals surface area (Å²) in [4.78, 5) is 1.24. The van der Waals surface area contributed by atoms with Crippen LogP contribution in [0.25, 0.3) is 0 Å². The zero-order valence-electron chi connectivity index (χ0n) is 12.4. The van der Waals surface area contributed by atoms with Gasteiger partial charge >= 0.3 is 0 Å². The summed E-state index contributed by atoms with van der Waals surface area (Å²) in [6.07, 6.45) is 0. The van der Waals surface area contributed by atoms with Gasteiger partial charge in [0.2, 0.25) is 0 Å². The lowest BCUT2D eigenvalue weighted by molar-refractivity contribution is 0.474. The van der Waals surface area contributed by atoms with Gasteiger partial charge in [-0.25, -0.2) is 0 Å². The topological polar surface area (TPSA) is 20.2 Å². The number of rotatable bonds is 4. The molecule has 0 radical (unpaired) electrons. The van der Waals surface area contributed by atoms with Gasteiger partial charge in [-0.3, -0.25) is 0 Å². The third kappa shape index (κ3) is 3.34. The number of phenols is 1. The van der Waals surface area contributed by atoms with Gasteiger partial charge in [-0.05, 0) is 47.9 Å². The molecule has 0 aromatic heterocycles. The van der Waals surface area contributed by atoms with Crippen molar-refractivity contribution in [2.75, 3.05) is 0 Å². The summed E-state index contributed by atoms with van der Waals surface area (Å²) in [6, 6.07) is 26.6. The highest BCUT2D eigenvalue weighted by Crippen LogP contribution is 2.42. The van der Waals surface area contributed by atoms with Crippen LogP contribution in [0.5, 0.6) is 5.75 Å². The Hall–Kier alpha value is -2.19. The maximum absolute atomic E-state index is 9.67. The molecule has 110 valence electrons. The molecule has 1 unspecified atom stereocenters. The summed E-state index contributed by atoms with van der Waals surface area (Å²) in [5.74, 6) is 0.317.